The second kappa shape index (κ2) is 4.80. The number of aliphatic hydroxyl groups excluding tert-OH is 1. The van der Waals surface area contributed by atoms with Crippen LogP contribution in [0.5, 0.6) is 0 Å². The molecule has 1 aromatic carbocycles. The standard InChI is InChI=1S/C12H11N3O3/c13-12(18)15-14-10-5-7(6-16)8-3-1-2-4-9(8)11(10)17/h1-5,16H,6H2,(H3,13,15,18)/b14-10+. The van der Waals surface area contributed by atoms with Crippen LogP contribution in [-0.2, 0) is 0 Å². The van der Waals surface area contributed by atoms with Crippen LogP contribution in [0.1, 0.15) is 15.9 Å². The first-order valence-electron chi connectivity index (χ1n) is 5.22. The number of amides is 2. The van der Waals surface area contributed by atoms with E-state index in [4.69, 9.17) is 5.73 Å². The lowest BCUT2D eigenvalue weighted by atomic mass is 9.89. The van der Waals surface area contributed by atoms with Gasteiger partial charge in [0, 0.05) is 5.56 Å². The molecule has 2 rings (SSSR count). The Labute approximate surface area is 103 Å². The number of nitrogens with two attached hydrogens (primary N) is 1. The lowest BCUT2D eigenvalue weighted by molar-refractivity contribution is 0.106. The van der Waals surface area contributed by atoms with E-state index in [-0.39, 0.29) is 18.1 Å². The Morgan fingerprint density at radius 3 is 2.61 bits per heavy atom. The predicted octanol–water partition coefficient (Wildman–Crippen LogP) is 0.283. The van der Waals surface area contributed by atoms with Crippen LogP contribution in [0.25, 0.3) is 5.57 Å². The lowest BCUT2D eigenvalue weighted by Crippen LogP contribution is -2.29. The Balaban J connectivity index is 2.47. The average molecular weight is 245 g/mol. The molecule has 1 aromatic rings. The van der Waals surface area contributed by atoms with E-state index in [2.05, 4.69) is 5.10 Å². The largest absolute Gasteiger partial charge is 0.392 e. The maximum absolute atomic E-state index is 12.0. The fourth-order valence-electron chi connectivity index (χ4n) is 1.74. The van der Waals surface area contributed by atoms with Gasteiger partial charge in [-0.05, 0) is 17.2 Å². The number of aliphatic hydroxyl groups is 1. The van der Waals surface area contributed by atoms with Gasteiger partial charge in [-0.15, -0.1) is 0 Å². The van der Waals surface area contributed by atoms with Gasteiger partial charge < -0.3 is 10.8 Å². The van der Waals surface area contributed by atoms with Crippen LogP contribution >= 0.6 is 0 Å². The zero-order chi connectivity index (χ0) is 13.1. The predicted molar refractivity (Wildman–Crippen MR) is 66.0 cm³/mol. The van der Waals surface area contributed by atoms with Gasteiger partial charge in [0.25, 0.3) is 0 Å². The third-order valence-corrected chi connectivity index (χ3v) is 2.52. The number of benzene rings is 1. The van der Waals surface area contributed by atoms with Gasteiger partial charge in [0.05, 0.1) is 6.61 Å². The van der Waals surface area contributed by atoms with Crippen molar-refractivity contribution in [2.24, 2.45) is 10.8 Å². The number of nitrogens with zero attached hydrogens (tertiary/aromatic N) is 1. The van der Waals surface area contributed by atoms with Crippen LogP contribution in [0.3, 0.4) is 0 Å². The number of hydrazone groups is 1. The number of fused-ring (bicyclic) bond motifs is 1. The number of hydrogen-bond donors (Lipinski definition) is 3. The molecule has 0 aromatic heterocycles. The quantitative estimate of drug-likeness (QED) is 0.652. The molecule has 4 N–H and O–H groups in total. The molecule has 0 fully saturated rings. The van der Waals surface area contributed by atoms with Crippen molar-refractivity contribution in [3.63, 3.8) is 0 Å². The molecule has 92 valence electrons. The van der Waals surface area contributed by atoms with Crippen molar-refractivity contribution >= 4 is 23.1 Å². The molecule has 6 nitrogen and oxygen atoms in total. The van der Waals surface area contributed by atoms with Gasteiger partial charge in [-0.1, -0.05) is 24.3 Å². The molecular weight excluding hydrogens is 234 g/mol. The maximum Gasteiger partial charge on any atom is 0.332 e. The van der Waals surface area contributed by atoms with Crippen molar-refractivity contribution < 1.29 is 14.7 Å². The highest BCUT2D eigenvalue weighted by atomic mass is 16.3. The molecule has 0 atom stereocenters. The number of urea groups is 1. The summed E-state index contributed by atoms with van der Waals surface area (Å²) in [5, 5.41) is 12.9. The number of carbonyl (C=O) groups is 2. The zero-order valence-corrected chi connectivity index (χ0v) is 9.38. The van der Waals surface area contributed by atoms with Crippen LogP contribution in [-0.4, -0.2) is 29.2 Å². The highest BCUT2D eigenvalue weighted by molar-refractivity contribution is 6.52. The van der Waals surface area contributed by atoms with Crippen LogP contribution in [0.2, 0.25) is 0 Å². The van der Waals surface area contributed by atoms with Gasteiger partial charge in [0.2, 0.25) is 5.78 Å². The summed E-state index contributed by atoms with van der Waals surface area (Å²) in [4.78, 5) is 22.6. The molecule has 0 radical (unpaired) electrons. The highest BCUT2D eigenvalue weighted by Gasteiger charge is 2.23. The fraction of sp³-hybridized carbons (Fsp3) is 0.0833. The minimum absolute atomic E-state index is 0.0385. The Kier molecular flexibility index (Phi) is 3.20. The van der Waals surface area contributed by atoms with E-state index < -0.39 is 6.03 Å². The van der Waals surface area contributed by atoms with E-state index >= 15 is 0 Å². The molecule has 0 saturated heterocycles. The summed E-state index contributed by atoms with van der Waals surface area (Å²) in [5.74, 6) is -0.323. The van der Waals surface area contributed by atoms with Gasteiger partial charge in [-0.2, -0.15) is 5.10 Å². The van der Waals surface area contributed by atoms with Gasteiger partial charge in [0.15, 0.2) is 0 Å². The van der Waals surface area contributed by atoms with Crippen molar-refractivity contribution in [1.29, 1.82) is 0 Å². The summed E-state index contributed by atoms with van der Waals surface area (Å²) in [7, 11) is 0. The molecule has 0 saturated carbocycles. The average Bonchev–Trinajstić information content (AvgIpc) is 2.38. The summed E-state index contributed by atoms with van der Waals surface area (Å²) in [6, 6.07) is 6.02. The third-order valence-electron chi connectivity index (χ3n) is 2.52. The van der Waals surface area contributed by atoms with Crippen LogP contribution in [0, 0.1) is 0 Å². The first-order chi connectivity index (χ1) is 8.63. The Hall–Kier alpha value is -2.47. The van der Waals surface area contributed by atoms with E-state index in [1.807, 2.05) is 5.43 Å². The number of allylic oxidation sites excluding steroid dienone is 1. The second-order valence-corrected chi connectivity index (χ2v) is 3.68. The molecule has 1 aliphatic carbocycles. The van der Waals surface area contributed by atoms with Crippen molar-refractivity contribution in [2.45, 2.75) is 0 Å². The number of primary amides is 1. The van der Waals surface area contributed by atoms with Crippen molar-refractivity contribution in [3.8, 4) is 0 Å². The summed E-state index contributed by atoms with van der Waals surface area (Å²) in [6.45, 7) is -0.222. The van der Waals surface area contributed by atoms with E-state index in [0.717, 1.165) is 0 Å². The Bertz CT molecular complexity index is 576. The zero-order valence-electron chi connectivity index (χ0n) is 9.38. The number of ketones is 1. The Morgan fingerprint density at radius 2 is 2.00 bits per heavy atom. The van der Waals surface area contributed by atoms with Gasteiger partial charge >= 0.3 is 6.03 Å². The first kappa shape index (κ1) is 12.0. The molecule has 0 bridgehead atoms. The molecule has 0 heterocycles. The van der Waals surface area contributed by atoms with Gasteiger partial charge in [-0.3, -0.25) is 4.79 Å². The number of Topliss-reactive ketones (excluding diaryl/α,β-unsaturated/α-hetero) is 1. The minimum atomic E-state index is -0.854. The van der Waals surface area contributed by atoms with Crippen LogP contribution in [0.15, 0.2) is 35.4 Å². The molecule has 0 unspecified atom stereocenters. The summed E-state index contributed by atoms with van der Waals surface area (Å²) in [6.07, 6.45) is 1.43. The molecule has 2 amide bonds. The minimum Gasteiger partial charge on any atom is -0.392 e. The highest BCUT2D eigenvalue weighted by Crippen LogP contribution is 2.24. The molecule has 0 spiro atoms. The monoisotopic (exact) mass is 245 g/mol. The fourth-order valence-corrected chi connectivity index (χ4v) is 1.74. The van der Waals surface area contributed by atoms with Crippen LogP contribution in [0.4, 0.5) is 4.79 Å². The van der Waals surface area contributed by atoms with Crippen LogP contribution < -0.4 is 11.2 Å². The SMILES string of the molecule is NC(=O)N/N=C1\C=C(CO)c2ccccc2C1=O. The normalized spacial score (nSPS) is 16.2. The second-order valence-electron chi connectivity index (χ2n) is 3.68. The van der Waals surface area contributed by atoms with Crippen molar-refractivity contribution in [3.05, 3.63) is 41.5 Å². The van der Waals surface area contributed by atoms with Gasteiger partial charge in [-0.25, -0.2) is 10.2 Å². The first-order valence-corrected chi connectivity index (χ1v) is 5.22. The smallest absolute Gasteiger partial charge is 0.332 e. The maximum atomic E-state index is 12.0. The van der Waals surface area contributed by atoms with Crippen molar-refractivity contribution in [1.82, 2.24) is 5.43 Å². The number of carbonyl (C=O) groups excluding carboxylic acids is 2. The molecule has 0 aliphatic heterocycles. The van der Waals surface area contributed by atoms with Gasteiger partial charge in [0.1, 0.15) is 5.71 Å². The summed E-state index contributed by atoms with van der Waals surface area (Å²) < 4.78 is 0. The molecular formula is C12H11N3O3. The summed E-state index contributed by atoms with van der Waals surface area (Å²) >= 11 is 0. The molecule has 6 heteroatoms. The number of rotatable bonds is 2. The van der Waals surface area contributed by atoms with Crippen molar-refractivity contribution in [2.75, 3.05) is 6.61 Å². The van der Waals surface area contributed by atoms with E-state index in [9.17, 15) is 14.7 Å². The van der Waals surface area contributed by atoms with E-state index in [0.29, 0.717) is 16.7 Å². The van der Waals surface area contributed by atoms with E-state index in [1.165, 1.54) is 6.08 Å². The Morgan fingerprint density at radius 1 is 1.33 bits per heavy atom. The van der Waals surface area contributed by atoms with E-state index in [1.54, 1.807) is 24.3 Å². The topological polar surface area (TPSA) is 105 Å². The lowest BCUT2D eigenvalue weighted by Gasteiger charge is -2.16. The number of nitrogens with one attached hydrogen (secondary N) is 1. The molecule has 1 aliphatic rings. The molecule has 18 heavy (non-hydrogen) atoms. The third kappa shape index (κ3) is 2.14. The number of hydrogen-bond acceptors (Lipinski definition) is 4. The summed E-state index contributed by atoms with van der Waals surface area (Å²) in [5.41, 5.74) is 8.59.